The summed E-state index contributed by atoms with van der Waals surface area (Å²) in [6.07, 6.45) is 2.47. The molecule has 1 amide bonds. The summed E-state index contributed by atoms with van der Waals surface area (Å²) in [6.45, 7) is 4.53. The van der Waals surface area contributed by atoms with Crippen LogP contribution >= 0.6 is 11.6 Å². The molecule has 11 heteroatoms. The highest BCUT2D eigenvalue weighted by Gasteiger charge is 2.49. The van der Waals surface area contributed by atoms with Crippen LogP contribution in [-0.2, 0) is 22.5 Å². The number of anilines is 2. The zero-order valence-electron chi connectivity index (χ0n) is 27.7. The van der Waals surface area contributed by atoms with E-state index in [1.165, 1.54) is 0 Å². The number of epoxide rings is 1. The highest BCUT2D eigenvalue weighted by Crippen LogP contribution is 2.41. The molecule has 49 heavy (non-hydrogen) atoms. The number of hydrogen-bond donors (Lipinski definition) is 0. The largest absolute Gasteiger partial charge is 0.462 e. The van der Waals surface area contributed by atoms with Crippen LogP contribution in [0.15, 0.2) is 66.7 Å². The summed E-state index contributed by atoms with van der Waals surface area (Å²) in [5.74, 6) is 0.794. The van der Waals surface area contributed by atoms with Crippen molar-refractivity contribution in [3.63, 3.8) is 0 Å². The van der Waals surface area contributed by atoms with Crippen LogP contribution in [-0.4, -0.2) is 90.2 Å². The van der Waals surface area contributed by atoms with E-state index in [1.54, 1.807) is 0 Å². The van der Waals surface area contributed by atoms with Crippen LogP contribution in [0, 0.1) is 11.3 Å². The maximum atomic E-state index is 13.7. The third-order valence-electron chi connectivity index (χ3n) is 10.5. The summed E-state index contributed by atoms with van der Waals surface area (Å²) in [5, 5.41) is 12.7. The molecule has 4 atom stereocenters. The first-order valence-corrected chi connectivity index (χ1v) is 17.6. The first-order valence-electron chi connectivity index (χ1n) is 17.3. The van der Waals surface area contributed by atoms with Crippen LogP contribution in [0.2, 0.25) is 5.02 Å². The summed E-state index contributed by atoms with van der Waals surface area (Å²) in [6, 6.07) is 24.9. The average Bonchev–Trinajstić information content (AvgIpc) is 3.83. The Kier molecular flexibility index (Phi) is 8.74. The van der Waals surface area contributed by atoms with E-state index in [1.807, 2.05) is 47.4 Å². The number of fused-ring (bicyclic) bond motifs is 2. The van der Waals surface area contributed by atoms with Gasteiger partial charge in [-0.1, -0.05) is 66.2 Å². The number of likely N-dealkylation sites (N-methyl/N-ethyl adjacent to an activating group) is 1. The van der Waals surface area contributed by atoms with Crippen molar-refractivity contribution in [3.8, 4) is 12.1 Å². The molecule has 0 aliphatic carbocycles. The van der Waals surface area contributed by atoms with Crippen molar-refractivity contribution >= 4 is 39.8 Å². The SMILES string of the molecule is CN1CCC[C@H]1COc1nc2c(c(N3CCN(C(=O)[C@H]4O[C@H]4c4ccccc4)[C@@H](CC#N)C3)n1)CCN(c1cccc3cccc(Cl)c13)C2. The van der Waals surface area contributed by atoms with Gasteiger partial charge in [0, 0.05) is 48.9 Å². The quantitative estimate of drug-likeness (QED) is 0.227. The van der Waals surface area contributed by atoms with Crippen molar-refractivity contribution < 1.29 is 14.3 Å². The molecule has 0 N–H and O–H groups in total. The number of amides is 1. The molecule has 0 spiro atoms. The van der Waals surface area contributed by atoms with Crippen LogP contribution in [0.4, 0.5) is 11.5 Å². The molecule has 4 aliphatic heterocycles. The smallest absolute Gasteiger partial charge is 0.318 e. The van der Waals surface area contributed by atoms with E-state index in [4.69, 9.17) is 31.0 Å². The summed E-state index contributed by atoms with van der Waals surface area (Å²) in [4.78, 5) is 32.5. The summed E-state index contributed by atoms with van der Waals surface area (Å²) in [5.41, 5.74) is 4.11. The topological polar surface area (TPSA) is 101 Å². The van der Waals surface area contributed by atoms with Gasteiger partial charge in [0.05, 0.1) is 35.8 Å². The Bertz CT molecular complexity index is 1900. The lowest BCUT2D eigenvalue weighted by Crippen LogP contribution is -2.56. The van der Waals surface area contributed by atoms with Crippen molar-refractivity contribution in [3.05, 3.63) is 88.6 Å². The van der Waals surface area contributed by atoms with E-state index >= 15 is 0 Å². The molecule has 10 nitrogen and oxygen atoms in total. The minimum absolute atomic E-state index is 0.0486. The van der Waals surface area contributed by atoms with Gasteiger partial charge in [0.1, 0.15) is 18.5 Å². The molecular formula is C38H40ClN7O3. The van der Waals surface area contributed by atoms with Gasteiger partial charge in [-0.3, -0.25) is 4.79 Å². The molecule has 3 saturated heterocycles. The third kappa shape index (κ3) is 6.27. The van der Waals surface area contributed by atoms with E-state index in [0.29, 0.717) is 44.8 Å². The van der Waals surface area contributed by atoms with Crippen molar-refractivity contribution in [2.75, 3.05) is 56.2 Å². The number of carbonyl (C=O) groups is 1. The van der Waals surface area contributed by atoms with Crippen molar-refractivity contribution in [1.82, 2.24) is 19.8 Å². The molecule has 252 valence electrons. The standard InChI is InChI=1S/C38H40ClN7O3/c1-43-18-7-12-28(43)24-48-38-41-31-23-44(32-14-6-11-25-10-5-13-30(39)33(25)32)19-16-29(31)36(42-38)45-20-21-46(27(22-45)15-17-40)37(47)35-34(49-35)26-8-3-2-4-9-26/h2-6,8-11,13-14,27-28,34-35H,7,12,15-16,18-24H2,1H3/t27-,28-,34-,35-/m0/s1. The zero-order valence-corrected chi connectivity index (χ0v) is 28.4. The molecule has 8 rings (SSSR count). The van der Waals surface area contributed by atoms with Gasteiger partial charge >= 0.3 is 6.01 Å². The number of carbonyl (C=O) groups excluding carboxylic acids is 1. The minimum Gasteiger partial charge on any atom is -0.462 e. The molecular weight excluding hydrogens is 638 g/mol. The fraction of sp³-hybridized carbons (Fsp3) is 0.421. The van der Waals surface area contributed by atoms with Crippen LogP contribution in [0.5, 0.6) is 6.01 Å². The molecule has 0 unspecified atom stereocenters. The molecule has 0 radical (unpaired) electrons. The number of nitriles is 1. The van der Waals surface area contributed by atoms with Crippen LogP contribution in [0.25, 0.3) is 10.8 Å². The third-order valence-corrected chi connectivity index (χ3v) is 10.8. The first-order chi connectivity index (χ1) is 24.0. The van der Waals surface area contributed by atoms with Gasteiger partial charge in [0.2, 0.25) is 0 Å². The summed E-state index contributed by atoms with van der Waals surface area (Å²) < 4.78 is 12.2. The average molecular weight is 678 g/mol. The van der Waals surface area contributed by atoms with Gasteiger partial charge in [0.15, 0.2) is 6.10 Å². The molecule has 0 bridgehead atoms. The number of likely N-dealkylation sites (tertiary alicyclic amines) is 1. The van der Waals surface area contributed by atoms with Gasteiger partial charge in [0.25, 0.3) is 5.91 Å². The van der Waals surface area contributed by atoms with Gasteiger partial charge in [-0.2, -0.15) is 15.2 Å². The number of nitrogens with zero attached hydrogens (tertiary/aromatic N) is 7. The van der Waals surface area contributed by atoms with Crippen LogP contribution in [0.1, 0.15) is 42.2 Å². The van der Waals surface area contributed by atoms with E-state index < -0.39 is 6.10 Å². The minimum atomic E-state index is -0.510. The van der Waals surface area contributed by atoms with Crippen LogP contribution < -0.4 is 14.5 Å². The van der Waals surface area contributed by atoms with Gasteiger partial charge in [-0.25, -0.2) is 0 Å². The summed E-state index contributed by atoms with van der Waals surface area (Å²) >= 11 is 6.74. The van der Waals surface area contributed by atoms with E-state index in [-0.39, 0.29) is 24.5 Å². The Hall–Kier alpha value is -4.43. The zero-order chi connectivity index (χ0) is 33.5. The first kappa shape index (κ1) is 31.8. The molecule has 0 saturated carbocycles. The van der Waals surface area contributed by atoms with Gasteiger partial charge in [-0.05, 0) is 55.9 Å². The maximum absolute atomic E-state index is 13.7. The van der Waals surface area contributed by atoms with Gasteiger partial charge < -0.3 is 29.1 Å². The number of benzene rings is 3. The molecule has 1 aromatic heterocycles. The number of hydrogen-bond acceptors (Lipinski definition) is 9. The number of halogens is 1. The highest BCUT2D eigenvalue weighted by molar-refractivity contribution is 6.36. The lowest BCUT2D eigenvalue weighted by atomic mass is 10.0. The predicted octanol–water partition coefficient (Wildman–Crippen LogP) is 5.39. The molecule has 4 aliphatic rings. The fourth-order valence-electron chi connectivity index (χ4n) is 7.80. The number of piperazine rings is 1. The lowest BCUT2D eigenvalue weighted by molar-refractivity contribution is -0.135. The van der Waals surface area contributed by atoms with Crippen LogP contribution in [0.3, 0.4) is 0 Å². The number of aromatic nitrogens is 2. The maximum Gasteiger partial charge on any atom is 0.318 e. The normalized spacial score (nSPS) is 23.7. The lowest BCUT2D eigenvalue weighted by Gasteiger charge is -2.42. The molecule has 4 aromatic rings. The Morgan fingerprint density at radius 3 is 2.63 bits per heavy atom. The predicted molar refractivity (Wildman–Crippen MR) is 189 cm³/mol. The number of rotatable bonds is 8. The second kappa shape index (κ2) is 13.5. The van der Waals surface area contributed by atoms with Crippen molar-refractivity contribution in [1.29, 1.82) is 5.26 Å². The molecule has 5 heterocycles. The molecule has 3 fully saturated rings. The van der Waals surface area contributed by atoms with Gasteiger partial charge in [-0.15, -0.1) is 0 Å². The van der Waals surface area contributed by atoms with E-state index in [0.717, 1.165) is 76.5 Å². The number of ether oxygens (including phenoxy) is 2. The van der Waals surface area contributed by atoms with Crippen molar-refractivity contribution in [2.24, 2.45) is 0 Å². The Morgan fingerprint density at radius 2 is 1.84 bits per heavy atom. The Morgan fingerprint density at radius 1 is 1.00 bits per heavy atom. The monoisotopic (exact) mass is 677 g/mol. The Balaban J connectivity index is 1.07. The summed E-state index contributed by atoms with van der Waals surface area (Å²) in [7, 11) is 2.14. The Labute approximate surface area is 291 Å². The fourth-order valence-corrected chi connectivity index (χ4v) is 8.08. The second-order valence-corrected chi connectivity index (χ2v) is 13.9. The highest BCUT2D eigenvalue weighted by atomic mass is 35.5. The second-order valence-electron chi connectivity index (χ2n) is 13.5. The van der Waals surface area contributed by atoms with Crippen molar-refractivity contribution in [2.45, 2.75) is 56.5 Å². The van der Waals surface area contributed by atoms with E-state index in [9.17, 15) is 10.1 Å². The molecule has 3 aromatic carbocycles. The van der Waals surface area contributed by atoms with E-state index in [2.05, 4.69) is 52.1 Å².